The minimum atomic E-state index is -4.69. The summed E-state index contributed by atoms with van der Waals surface area (Å²) >= 11 is 0.860. The Morgan fingerprint density at radius 2 is 1.62 bits per heavy atom. The number of nitrogens with one attached hydrogen (secondary N) is 1. The third kappa shape index (κ3) is 6.00. The van der Waals surface area contributed by atoms with Crippen LogP contribution in [0.4, 0.5) is 18.0 Å². The highest BCUT2D eigenvalue weighted by atomic mass is 32.2. The predicted molar refractivity (Wildman–Crippen MR) is 86.2 cm³/mol. The maximum Gasteiger partial charge on any atom is 0.431 e. The fourth-order valence-corrected chi connectivity index (χ4v) is 2.42. The van der Waals surface area contributed by atoms with E-state index >= 15 is 0 Å². The normalized spacial score (nSPS) is 11.9. The van der Waals surface area contributed by atoms with Gasteiger partial charge >= 0.3 is 12.3 Å². The molecule has 0 fully saturated rings. The first kappa shape index (κ1) is 17.9. The molecule has 2 aromatic rings. The molecule has 0 heterocycles. The molecule has 0 aromatic heterocycles. The zero-order valence-corrected chi connectivity index (χ0v) is 13.2. The number of ether oxygens (including phenoxy) is 1. The summed E-state index contributed by atoms with van der Waals surface area (Å²) in [6.07, 6.45) is -5.84. The van der Waals surface area contributed by atoms with Gasteiger partial charge < -0.3 is 4.74 Å². The van der Waals surface area contributed by atoms with Gasteiger partial charge in [-0.25, -0.2) is 4.79 Å². The summed E-state index contributed by atoms with van der Waals surface area (Å²) in [6.45, 7) is -0.108. The Bertz CT molecular complexity index is 688. The van der Waals surface area contributed by atoms with Crippen molar-refractivity contribution in [2.45, 2.75) is 17.7 Å². The number of alkyl carbamates (subject to hydrolysis) is 1. The molecule has 0 atom stereocenters. The van der Waals surface area contributed by atoms with Crippen LogP contribution in [0.3, 0.4) is 0 Å². The van der Waals surface area contributed by atoms with Crippen LogP contribution >= 0.6 is 11.8 Å². The molecule has 2 aromatic carbocycles. The first-order valence-electron chi connectivity index (χ1n) is 6.92. The maximum absolute atomic E-state index is 13.0. The summed E-state index contributed by atoms with van der Waals surface area (Å²) in [4.78, 5) is 12.2. The molecule has 0 aliphatic carbocycles. The number of carbonyl (C=O) groups is 1. The van der Waals surface area contributed by atoms with Crippen LogP contribution in [-0.4, -0.2) is 12.3 Å². The lowest BCUT2D eigenvalue weighted by atomic mass is 10.2. The number of thioether (sulfide) groups is 1. The lowest BCUT2D eigenvalue weighted by Gasteiger charge is -2.13. The average Bonchev–Trinajstić information content (AvgIpc) is 2.57. The molecule has 0 aliphatic rings. The summed E-state index contributed by atoms with van der Waals surface area (Å²) in [6, 6.07) is 17.2. The number of carbonyl (C=O) groups excluding carboxylic acids is 1. The van der Waals surface area contributed by atoms with Crippen LogP contribution in [-0.2, 0) is 11.3 Å². The van der Waals surface area contributed by atoms with Crippen LogP contribution in [0.1, 0.15) is 5.56 Å². The van der Waals surface area contributed by atoms with E-state index in [1.54, 1.807) is 66.0 Å². The zero-order chi connectivity index (χ0) is 17.4. The molecule has 0 saturated carbocycles. The van der Waals surface area contributed by atoms with Crippen LogP contribution in [0.15, 0.2) is 76.7 Å². The Balaban J connectivity index is 1.97. The molecule has 0 radical (unpaired) electrons. The highest BCUT2D eigenvalue weighted by Gasteiger charge is 2.35. The van der Waals surface area contributed by atoms with Crippen molar-refractivity contribution < 1.29 is 22.7 Å². The third-order valence-electron chi connectivity index (χ3n) is 2.81. The van der Waals surface area contributed by atoms with E-state index in [-0.39, 0.29) is 6.61 Å². The zero-order valence-electron chi connectivity index (χ0n) is 12.4. The quantitative estimate of drug-likeness (QED) is 0.759. The number of hydrogen-bond donors (Lipinski definition) is 1. The van der Waals surface area contributed by atoms with E-state index in [0.29, 0.717) is 10.5 Å². The Kier molecular flexibility index (Phi) is 6.31. The van der Waals surface area contributed by atoms with Crippen LogP contribution < -0.4 is 5.32 Å². The Morgan fingerprint density at radius 3 is 2.21 bits per heavy atom. The first-order valence-corrected chi connectivity index (χ1v) is 7.80. The van der Waals surface area contributed by atoms with Gasteiger partial charge in [-0.05, 0) is 17.7 Å². The van der Waals surface area contributed by atoms with Crippen molar-refractivity contribution in [2.24, 2.45) is 0 Å². The molecule has 3 nitrogen and oxygen atoms in total. The molecule has 0 bridgehead atoms. The fraction of sp³-hybridized carbons (Fsp3) is 0.118. The van der Waals surface area contributed by atoms with E-state index in [9.17, 15) is 18.0 Å². The first-order chi connectivity index (χ1) is 11.4. The maximum atomic E-state index is 13.0. The second kappa shape index (κ2) is 8.44. The Labute approximate surface area is 141 Å². The largest absolute Gasteiger partial charge is 0.444 e. The molecule has 0 unspecified atom stereocenters. The Hall–Kier alpha value is -2.41. The second-order valence-corrected chi connectivity index (χ2v) is 5.59. The lowest BCUT2D eigenvalue weighted by molar-refractivity contribution is -0.0960. The van der Waals surface area contributed by atoms with Crippen LogP contribution in [0, 0.1) is 0 Å². The SMILES string of the molecule is O=C(N/C(=C\Sc1ccccc1)C(F)(F)F)OCc1ccccc1. The number of halogens is 3. The lowest BCUT2D eigenvalue weighted by Crippen LogP contribution is -2.31. The molecule has 2 rings (SSSR count). The number of rotatable bonds is 5. The predicted octanol–water partition coefficient (Wildman–Crippen LogP) is 5.11. The van der Waals surface area contributed by atoms with E-state index in [0.717, 1.165) is 17.2 Å². The van der Waals surface area contributed by atoms with Crippen molar-refractivity contribution in [3.8, 4) is 0 Å². The van der Waals surface area contributed by atoms with Gasteiger partial charge in [0.2, 0.25) is 0 Å². The molecule has 24 heavy (non-hydrogen) atoms. The highest BCUT2D eigenvalue weighted by Crippen LogP contribution is 2.28. The number of hydrogen-bond acceptors (Lipinski definition) is 3. The summed E-state index contributed by atoms with van der Waals surface area (Å²) < 4.78 is 43.8. The molecule has 0 spiro atoms. The minimum absolute atomic E-state index is 0.108. The van der Waals surface area contributed by atoms with Gasteiger partial charge in [0.1, 0.15) is 12.3 Å². The standard InChI is InChI=1S/C17H14F3NO2S/c18-17(19,20)15(12-24-14-9-5-2-6-10-14)21-16(22)23-11-13-7-3-1-4-8-13/h1-10,12H,11H2,(H,21,22)/b15-12-. The highest BCUT2D eigenvalue weighted by molar-refractivity contribution is 8.02. The van der Waals surface area contributed by atoms with Crippen molar-refractivity contribution in [2.75, 3.05) is 0 Å². The summed E-state index contributed by atoms with van der Waals surface area (Å²) in [7, 11) is 0. The monoisotopic (exact) mass is 353 g/mol. The van der Waals surface area contributed by atoms with Gasteiger partial charge in [-0.2, -0.15) is 13.2 Å². The van der Waals surface area contributed by atoms with E-state index in [2.05, 4.69) is 0 Å². The van der Waals surface area contributed by atoms with Crippen molar-refractivity contribution in [3.05, 3.63) is 77.3 Å². The fourth-order valence-electron chi connectivity index (χ4n) is 1.66. The van der Waals surface area contributed by atoms with E-state index in [1.807, 2.05) is 0 Å². The number of amides is 1. The van der Waals surface area contributed by atoms with E-state index < -0.39 is 18.0 Å². The molecule has 126 valence electrons. The van der Waals surface area contributed by atoms with Crippen molar-refractivity contribution in [1.29, 1.82) is 0 Å². The number of benzene rings is 2. The molecule has 1 N–H and O–H groups in total. The van der Waals surface area contributed by atoms with Crippen molar-refractivity contribution in [1.82, 2.24) is 5.32 Å². The van der Waals surface area contributed by atoms with Gasteiger partial charge in [0, 0.05) is 10.3 Å². The second-order valence-electron chi connectivity index (χ2n) is 4.65. The van der Waals surface area contributed by atoms with Crippen molar-refractivity contribution >= 4 is 17.9 Å². The van der Waals surface area contributed by atoms with Crippen LogP contribution in [0.25, 0.3) is 0 Å². The number of allylic oxidation sites excluding steroid dienone is 1. The van der Waals surface area contributed by atoms with Crippen molar-refractivity contribution in [3.63, 3.8) is 0 Å². The van der Waals surface area contributed by atoms with E-state index in [4.69, 9.17) is 4.74 Å². The van der Waals surface area contributed by atoms with Gasteiger partial charge in [0.25, 0.3) is 0 Å². The molecular formula is C17H14F3NO2S. The third-order valence-corrected chi connectivity index (χ3v) is 3.71. The van der Waals surface area contributed by atoms with Gasteiger partial charge in [-0.1, -0.05) is 60.3 Å². The molecule has 0 saturated heterocycles. The summed E-state index contributed by atoms with van der Waals surface area (Å²) in [5, 5.41) is 2.60. The molecular weight excluding hydrogens is 339 g/mol. The smallest absolute Gasteiger partial charge is 0.431 e. The average molecular weight is 353 g/mol. The van der Waals surface area contributed by atoms with Gasteiger partial charge in [-0.3, -0.25) is 5.32 Å². The molecule has 7 heteroatoms. The van der Waals surface area contributed by atoms with Gasteiger partial charge in [0.15, 0.2) is 0 Å². The molecule has 1 amide bonds. The van der Waals surface area contributed by atoms with Gasteiger partial charge in [-0.15, -0.1) is 0 Å². The van der Waals surface area contributed by atoms with Crippen LogP contribution in [0.2, 0.25) is 0 Å². The summed E-state index contributed by atoms with van der Waals surface area (Å²) in [5.74, 6) is 0. The Morgan fingerprint density at radius 1 is 1.04 bits per heavy atom. The van der Waals surface area contributed by atoms with Crippen LogP contribution in [0.5, 0.6) is 0 Å². The topological polar surface area (TPSA) is 38.3 Å². The summed E-state index contributed by atoms with van der Waals surface area (Å²) in [5.41, 5.74) is -0.488. The number of alkyl halides is 3. The molecule has 0 aliphatic heterocycles. The minimum Gasteiger partial charge on any atom is -0.444 e. The van der Waals surface area contributed by atoms with Gasteiger partial charge in [0.05, 0.1) is 0 Å². The van der Waals surface area contributed by atoms with E-state index in [1.165, 1.54) is 0 Å².